The predicted molar refractivity (Wildman–Crippen MR) is 65.9 cm³/mol. The van der Waals surface area contributed by atoms with E-state index in [4.69, 9.17) is 9.88 Å². The van der Waals surface area contributed by atoms with E-state index in [1.165, 1.54) is 23.1 Å². The predicted octanol–water partition coefficient (Wildman–Crippen LogP) is 0.325. The Balaban J connectivity index is 2.56. The molecule has 0 bridgehead atoms. The lowest BCUT2D eigenvalue weighted by molar-refractivity contribution is -0.122. The lowest BCUT2D eigenvalue weighted by Gasteiger charge is -2.18. The SMILES string of the molecule is CC1COc2ccc(S(N)(=O)=O)cc2N(C)C1=O. The first kappa shape index (κ1) is 12.8. The van der Waals surface area contributed by atoms with Gasteiger partial charge in [-0.1, -0.05) is 6.92 Å². The van der Waals surface area contributed by atoms with Crippen LogP contribution in [0.1, 0.15) is 6.92 Å². The highest BCUT2D eigenvalue weighted by molar-refractivity contribution is 7.89. The first-order valence-corrected chi connectivity index (χ1v) is 6.92. The number of amides is 1. The van der Waals surface area contributed by atoms with E-state index in [-0.39, 0.29) is 23.3 Å². The molecule has 1 amide bonds. The fraction of sp³-hybridized carbons (Fsp3) is 0.364. The van der Waals surface area contributed by atoms with Gasteiger partial charge in [0.15, 0.2) is 0 Å². The average molecular weight is 270 g/mol. The average Bonchev–Trinajstić information content (AvgIpc) is 2.41. The number of ether oxygens (including phenoxy) is 1. The number of benzene rings is 1. The maximum absolute atomic E-state index is 11.9. The van der Waals surface area contributed by atoms with Crippen molar-refractivity contribution >= 4 is 21.6 Å². The van der Waals surface area contributed by atoms with E-state index in [0.29, 0.717) is 11.4 Å². The minimum Gasteiger partial charge on any atom is -0.491 e. The largest absolute Gasteiger partial charge is 0.491 e. The van der Waals surface area contributed by atoms with Gasteiger partial charge in [0.25, 0.3) is 0 Å². The summed E-state index contributed by atoms with van der Waals surface area (Å²) < 4.78 is 28.1. The zero-order valence-electron chi connectivity index (χ0n) is 10.1. The molecule has 1 aliphatic heterocycles. The number of rotatable bonds is 1. The number of fused-ring (bicyclic) bond motifs is 1. The van der Waals surface area contributed by atoms with Crippen LogP contribution in [0.15, 0.2) is 23.1 Å². The van der Waals surface area contributed by atoms with Gasteiger partial charge in [0, 0.05) is 7.05 Å². The highest BCUT2D eigenvalue weighted by Gasteiger charge is 2.27. The van der Waals surface area contributed by atoms with Crippen molar-refractivity contribution in [3.8, 4) is 5.75 Å². The Hall–Kier alpha value is -1.60. The third-order valence-electron chi connectivity index (χ3n) is 2.86. The molecule has 0 aromatic heterocycles. The first-order valence-electron chi connectivity index (χ1n) is 5.38. The monoisotopic (exact) mass is 270 g/mol. The zero-order valence-corrected chi connectivity index (χ0v) is 10.9. The quantitative estimate of drug-likeness (QED) is 0.796. The Kier molecular flexibility index (Phi) is 3.04. The van der Waals surface area contributed by atoms with Gasteiger partial charge in [-0.2, -0.15) is 0 Å². The number of anilines is 1. The first-order chi connectivity index (χ1) is 8.30. The van der Waals surface area contributed by atoms with E-state index in [2.05, 4.69) is 0 Å². The maximum atomic E-state index is 11.9. The van der Waals surface area contributed by atoms with Crippen molar-refractivity contribution in [2.75, 3.05) is 18.6 Å². The summed E-state index contributed by atoms with van der Waals surface area (Å²) in [5, 5.41) is 5.06. The van der Waals surface area contributed by atoms with Crippen molar-refractivity contribution in [1.82, 2.24) is 0 Å². The van der Waals surface area contributed by atoms with E-state index < -0.39 is 10.0 Å². The van der Waals surface area contributed by atoms with Gasteiger partial charge in [-0.3, -0.25) is 4.79 Å². The molecule has 98 valence electrons. The molecular weight excluding hydrogens is 256 g/mol. The summed E-state index contributed by atoms with van der Waals surface area (Å²) in [7, 11) is -2.21. The normalized spacial score (nSPS) is 20.1. The number of hydrogen-bond acceptors (Lipinski definition) is 4. The van der Waals surface area contributed by atoms with E-state index in [1.807, 2.05) is 0 Å². The van der Waals surface area contributed by atoms with Crippen molar-refractivity contribution in [1.29, 1.82) is 0 Å². The van der Waals surface area contributed by atoms with Gasteiger partial charge < -0.3 is 9.64 Å². The second-order valence-electron chi connectivity index (χ2n) is 4.28. The van der Waals surface area contributed by atoms with E-state index in [0.717, 1.165) is 0 Å². The van der Waals surface area contributed by atoms with E-state index in [1.54, 1.807) is 14.0 Å². The summed E-state index contributed by atoms with van der Waals surface area (Å²) in [4.78, 5) is 13.3. The molecular formula is C11H14N2O4S. The van der Waals surface area contributed by atoms with Crippen molar-refractivity contribution in [2.24, 2.45) is 11.1 Å². The van der Waals surface area contributed by atoms with Crippen LogP contribution < -0.4 is 14.8 Å². The molecule has 6 nitrogen and oxygen atoms in total. The Morgan fingerprint density at radius 2 is 2.11 bits per heavy atom. The van der Waals surface area contributed by atoms with Crippen LogP contribution in [0.4, 0.5) is 5.69 Å². The Morgan fingerprint density at radius 3 is 2.72 bits per heavy atom. The van der Waals surface area contributed by atoms with Gasteiger partial charge in [-0.15, -0.1) is 0 Å². The molecule has 1 aliphatic rings. The van der Waals surface area contributed by atoms with E-state index >= 15 is 0 Å². The smallest absolute Gasteiger partial charge is 0.238 e. The summed E-state index contributed by atoms with van der Waals surface area (Å²) in [6, 6.07) is 4.22. The number of nitrogens with zero attached hydrogens (tertiary/aromatic N) is 1. The van der Waals surface area contributed by atoms with Gasteiger partial charge in [-0.25, -0.2) is 13.6 Å². The van der Waals surface area contributed by atoms with Crippen LogP contribution in [0.2, 0.25) is 0 Å². The molecule has 0 aliphatic carbocycles. The van der Waals surface area contributed by atoms with Crippen LogP contribution >= 0.6 is 0 Å². The molecule has 1 atom stereocenters. The lowest BCUT2D eigenvalue weighted by Crippen LogP contribution is -2.31. The van der Waals surface area contributed by atoms with Crippen LogP contribution in [-0.2, 0) is 14.8 Å². The Labute approximate surface area is 105 Å². The summed E-state index contributed by atoms with van der Waals surface area (Å²) in [5.74, 6) is 0.0725. The molecule has 0 fully saturated rings. The Bertz CT molecular complexity index is 597. The fourth-order valence-electron chi connectivity index (χ4n) is 1.79. The summed E-state index contributed by atoms with van der Waals surface area (Å²) in [5.41, 5.74) is 0.413. The van der Waals surface area contributed by atoms with Crippen LogP contribution in [0.5, 0.6) is 5.75 Å². The van der Waals surface area contributed by atoms with Crippen molar-refractivity contribution in [3.63, 3.8) is 0 Å². The molecule has 2 N–H and O–H groups in total. The standard InChI is InChI=1S/C11H14N2O4S/c1-7-6-17-10-4-3-8(18(12,15)16)5-9(10)13(2)11(7)14/h3-5,7H,6H2,1-2H3,(H2,12,15,16). The number of sulfonamides is 1. The van der Waals surface area contributed by atoms with E-state index in [9.17, 15) is 13.2 Å². The van der Waals surface area contributed by atoms with Crippen LogP contribution in [0.3, 0.4) is 0 Å². The van der Waals surface area contributed by atoms with Crippen molar-refractivity contribution < 1.29 is 17.9 Å². The van der Waals surface area contributed by atoms with Crippen LogP contribution in [-0.4, -0.2) is 28.0 Å². The van der Waals surface area contributed by atoms with Crippen molar-refractivity contribution in [3.05, 3.63) is 18.2 Å². The molecule has 18 heavy (non-hydrogen) atoms. The molecule has 1 heterocycles. The highest BCUT2D eigenvalue weighted by atomic mass is 32.2. The fourth-order valence-corrected chi connectivity index (χ4v) is 2.33. The second-order valence-corrected chi connectivity index (χ2v) is 5.85. The number of hydrogen-bond donors (Lipinski definition) is 1. The number of primary sulfonamides is 1. The number of carbonyl (C=O) groups is 1. The maximum Gasteiger partial charge on any atom is 0.238 e. The molecule has 0 spiro atoms. The third-order valence-corrected chi connectivity index (χ3v) is 3.77. The highest BCUT2D eigenvalue weighted by Crippen LogP contribution is 2.33. The molecule has 1 unspecified atom stereocenters. The molecule has 0 radical (unpaired) electrons. The molecule has 2 rings (SSSR count). The minimum atomic E-state index is -3.80. The third kappa shape index (κ3) is 2.19. The van der Waals surface area contributed by atoms with Crippen LogP contribution in [0, 0.1) is 5.92 Å². The Morgan fingerprint density at radius 1 is 1.44 bits per heavy atom. The molecule has 1 aromatic rings. The molecule has 0 saturated heterocycles. The van der Waals surface area contributed by atoms with Gasteiger partial charge in [0.2, 0.25) is 15.9 Å². The number of carbonyl (C=O) groups excluding carboxylic acids is 1. The summed E-state index contributed by atoms with van der Waals surface area (Å²) >= 11 is 0. The second kappa shape index (κ2) is 4.25. The van der Waals surface area contributed by atoms with Gasteiger partial charge in [0.05, 0.1) is 23.1 Å². The minimum absolute atomic E-state index is 0.0425. The van der Waals surface area contributed by atoms with Gasteiger partial charge in [0.1, 0.15) is 5.75 Å². The summed E-state index contributed by atoms with van der Waals surface area (Å²) in [6.07, 6.45) is 0. The lowest BCUT2D eigenvalue weighted by atomic mass is 10.2. The van der Waals surface area contributed by atoms with Gasteiger partial charge >= 0.3 is 0 Å². The zero-order chi connectivity index (χ0) is 13.5. The number of nitrogens with two attached hydrogens (primary N) is 1. The van der Waals surface area contributed by atoms with Crippen molar-refractivity contribution in [2.45, 2.75) is 11.8 Å². The molecule has 1 aromatic carbocycles. The molecule has 7 heteroatoms. The summed E-state index contributed by atoms with van der Waals surface area (Å²) in [6.45, 7) is 2.02. The molecule has 0 saturated carbocycles. The topological polar surface area (TPSA) is 89.7 Å². The van der Waals surface area contributed by atoms with Crippen LogP contribution in [0.25, 0.3) is 0 Å². The van der Waals surface area contributed by atoms with Gasteiger partial charge in [-0.05, 0) is 18.2 Å².